The Bertz CT molecular complexity index is 434. The normalized spacial score (nSPS) is 12.7. The maximum Gasteiger partial charge on any atom is 0.230 e. The van der Waals surface area contributed by atoms with Crippen LogP contribution in [-0.4, -0.2) is 25.4 Å². The van der Waals surface area contributed by atoms with Gasteiger partial charge in [0.15, 0.2) is 6.29 Å². The minimum atomic E-state index is -0.800. The molecule has 0 saturated heterocycles. The minimum absolute atomic E-state index is 0.395. The van der Waals surface area contributed by atoms with Gasteiger partial charge in [-0.2, -0.15) is 0 Å². The van der Waals surface area contributed by atoms with Crippen LogP contribution in [-0.2, 0) is 14.3 Å². The Morgan fingerprint density at radius 1 is 1.26 bits per heavy atom. The average Bonchev–Trinajstić information content (AvgIpc) is 2.34. The van der Waals surface area contributed by atoms with Gasteiger partial charge >= 0.3 is 0 Å². The van der Waals surface area contributed by atoms with Crippen molar-refractivity contribution in [2.24, 2.45) is 5.73 Å². The van der Waals surface area contributed by atoms with Crippen LogP contribution in [0.3, 0.4) is 0 Å². The van der Waals surface area contributed by atoms with E-state index in [9.17, 15) is 4.79 Å². The van der Waals surface area contributed by atoms with Gasteiger partial charge in [0.05, 0.1) is 0 Å². The molecular weight excluding hydrogens is 289 g/mol. The molecule has 2 N–H and O–H groups in total. The van der Waals surface area contributed by atoms with Crippen LogP contribution in [0.1, 0.15) is 25.3 Å². The third-order valence-corrected chi connectivity index (χ3v) is 3.11. The highest BCUT2D eigenvalue weighted by atomic mass is 35.5. The van der Waals surface area contributed by atoms with E-state index in [4.69, 9.17) is 38.4 Å². The van der Waals surface area contributed by atoms with Crippen molar-refractivity contribution in [3.8, 4) is 0 Å². The number of ether oxygens (including phenoxy) is 2. The average molecular weight is 306 g/mol. The molecule has 19 heavy (non-hydrogen) atoms. The molecule has 106 valence electrons. The van der Waals surface area contributed by atoms with Crippen molar-refractivity contribution in [2.75, 3.05) is 13.2 Å². The van der Waals surface area contributed by atoms with Gasteiger partial charge in [-0.1, -0.05) is 23.2 Å². The molecule has 1 rings (SSSR count). The van der Waals surface area contributed by atoms with E-state index in [2.05, 4.69) is 0 Å². The highest BCUT2D eigenvalue weighted by Crippen LogP contribution is 2.31. The van der Waals surface area contributed by atoms with Crippen LogP contribution in [0, 0.1) is 0 Å². The molecule has 0 fully saturated rings. The number of carbonyl (C=O) groups excluding carboxylic acids is 1. The standard InChI is InChI=1S/C13H17Cl2NO3/c1-3-18-13(19-4-2)11(12(16)17)9-7-8(14)5-6-10(9)15/h5-7,11,13H,3-4H2,1-2H3,(H2,16,17). The zero-order chi connectivity index (χ0) is 14.4. The Hall–Kier alpha value is -0.810. The summed E-state index contributed by atoms with van der Waals surface area (Å²) in [5.41, 5.74) is 5.96. The zero-order valence-corrected chi connectivity index (χ0v) is 12.4. The molecule has 0 radical (unpaired) electrons. The fourth-order valence-electron chi connectivity index (χ4n) is 1.76. The van der Waals surface area contributed by atoms with Crippen LogP contribution in [0.4, 0.5) is 0 Å². The van der Waals surface area contributed by atoms with Gasteiger partial charge in [-0.15, -0.1) is 0 Å². The summed E-state index contributed by atoms with van der Waals surface area (Å²) >= 11 is 12.0. The molecule has 4 nitrogen and oxygen atoms in total. The topological polar surface area (TPSA) is 61.6 Å². The number of amides is 1. The number of benzene rings is 1. The molecular formula is C13H17Cl2NO3. The molecule has 1 atom stereocenters. The quantitative estimate of drug-likeness (QED) is 0.788. The molecule has 0 spiro atoms. The van der Waals surface area contributed by atoms with Crippen LogP contribution in [0.5, 0.6) is 0 Å². The zero-order valence-electron chi connectivity index (χ0n) is 10.9. The first-order chi connectivity index (χ1) is 9.01. The molecule has 0 aliphatic carbocycles. The fourth-order valence-corrected chi connectivity index (χ4v) is 2.17. The second-order valence-electron chi connectivity index (χ2n) is 3.82. The number of halogens is 2. The molecule has 0 heterocycles. The number of hydrogen-bond donors (Lipinski definition) is 1. The van der Waals surface area contributed by atoms with Crippen molar-refractivity contribution in [1.82, 2.24) is 0 Å². The SMILES string of the molecule is CCOC(OCC)C(C(N)=O)c1cc(Cl)ccc1Cl. The Kier molecular flexibility index (Phi) is 6.58. The van der Waals surface area contributed by atoms with Gasteiger partial charge in [0.25, 0.3) is 0 Å². The summed E-state index contributed by atoms with van der Waals surface area (Å²) in [5.74, 6) is -1.37. The molecule has 1 amide bonds. The van der Waals surface area contributed by atoms with E-state index in [-0.39, 0.29) is 0 Å². The number of hydrogen-bond acceptors (Lipinski definition) is 3. The van der Waals surface area contributed by atoms with E-state index >= 15 is 0 Å². The summed E-state index contributed by atoms with van der Waals surface area (Å²) < 4.78 is 10.9. The first kappa shape index (κ1) is 16.2. The van der Waals surface area contributed by atoms with Crippen molar-refractivity contribution in [3.63, 3.8) is 0 Å². The van der Waals surface area contributed by atoms with Crippen LogP contribution in [0.2, 0.25) is 10.0 Å². The third kappa shape index (κ3) is 4.35. The largest absolute Gasteiger partial charge is 0.369 e. The monoisotopic (exact) mass is 305 g/mol. The van der Waals surface area contributed by atoms with Crippen molar-refractivity contribution in [3.05, 3.63) is 33.8 Å². The summed E-state index contributed by atoms with van der Waals surface area (Å²) in [5, 5.41) is 0.870. The van der Waals surface area contributed by atoms with Gasteiger partial charge in [0, 0.05) is 23.3 Å². The summed E-state index contributed by atoms with van der Waals surface area (Å²) in [6.45, 7) is 4.41. The minimum Gasteiger partial charge on any atom is -0.369 e. The van der Waals surface area contributed by atoms with E-state index in [0.717, 1.165) is 0 Å². The van der Waals surface area contributed by atoms with Crippen LogP contribution in [0.25, 0.3) is 0 Å². The molecule has 0 aliphatic heterocycles. The van der Waals surface area contributed by atoms with Crippen LogP contribution in [0.15, 0.2) is 18.2 Å². The molecule has 1 aromatic rings. The maximum absolute atomic E-state index is 11.7. The maximum atomic E-state index is 11.7. The smallest absolute Gasteiger partial charge is 0.230 e. The molecule has 0 bridgehead atoms. The molecule has 0 saturated carbocycles. The summed E-state index contributed by atoms with van der Waals surface area (Å²) in [7, 11) is 0. The summed E-state index contributed by atoms with van der Waals surface area (Å²) in [4.78, 5) is 11.7. The Morgan fingerprint density at radius 2 is 1.84 bits per heavy atom. The lowest BCUT2D eigenvalue weighted by molar-refractivity contribution is -0.160. The highest BCUT2D eigenvalue weighted by Gasteiger charge is 2.31. The van der Waals surface area contributed by atoms with E-state index < -0.39 is 18.1 Å². The van der Waals surface area contributed by atoms with Crippen molar-refractivity contribution in [1.29, 1.82) is 0 Å². The number of carbonyl (C=O) groups is 1. The Labute approximate surface area is 122 Å². The second kappa shape index (κ2) is 7.70. The van der Waals surface area contributed by atoms with Gasteiger partial charge in [0.1, 0.15) is 5.92 Å². The molecule has 6 heteroatoms. The van der Waals surface area contributed by atoms with Crippen molar-refractivity contribution >= 4 is 29.1 Å². The van der Waals surface area contributed by atoms with E-state index in [0.29, 0.717) is 28.8 Å². The first-order valence-corrected chi connectivity index (χ1v) is 6.74. The fraction of sp³-hybridized carbons (Fsp3) is 0.462. The first-order valence-electron chi connectivity index (χ1n) is 5.98. The Balaban J connectivity index is 3.17. The van der Waals surface area contributed by atoms with Gasteiger partial charge in [0.2, 0.25) is 5.91 Å². The predicted octanol–water partition coefficient (Wildman–Crippen LogP) is 2.96. The lowest BCUT2D eigenvalue weighted by Crippen LogP contribution is -2.35. The van der Waals surface area contributed by atoms with Crippen LogP contribution < -0.4 is 5.73 Å². The van der Waals surface area contributed by atoms with Gasteiger partial charge in [-0.3, -0.25) is 4.79 Å². The molecule has 0 aromatic heterocycles. The predicted molar refractivity (Wildman–Crippen MR) is 75.4 cm³/mol. The van der Waals surface area contributed by atoms with Gasteiger partial charge < -0.3 is 15.2 Å². The summed E-state index contributed by atoms with van der Waals surface area (Å²) in [6, 6.07) is 4.86. The van der Waals surface area contributed by atoms with Gasteiger partial charge in [-0.05, 0) is 37.6 Å². The van der Waals surface area contributed by atoms with E-state index in [1.807, 2.05) is 13.8 Å². The van der Waals surface area contributed by atoms with Gasteiger partial charge in [-0.25, -0.2) is 0 Å². The number of nitrogens with two attached hydrogens (primary N) is 1. The molecule has 1 unspecified atom stereocenters. The lowest BCUT2D eigenvalue weighted by Gasteiger charge is -2.25. The lowest BCUT2D eigenvalue weighted by atomic mass is 9.97. The van der Waals surface area contributed by atoms with E-state index in [1.165, 1.54) is 0 Å². The van der Waals surface area contributed by atoms with Crippen LogP contribution >= 0.6 is 23.2 Å². The van der Waals surface area contributed by atoms with E-state index in [1.54, 1.807) is 18.2 Å². The second-order valence-corrected chi connectivity index (χ2v) is 4.67. The number of primary amides is 1. The van der Waals surface area contributed by atoms with Crippen molar-refractivity contribution in [2.45, 2.75) is 26.1 Å². The molecule has 0 aliphatic rings. The third-order valence-electron chi connectivity index (χ3n) is 2.53. The Morgan fingerprint density at radius 3 is 2.32 bits per heavy atom. The molecule has 1 aromatic carbocycles. The summed E-state index contributed by atoms with van der Waals surface area (Å²) in [6.07, 6.45) is -0.775. The highest BCUT2D eigenvalue weighted by molar-refractivity contribution is 6.33. The van der Waals surface area contributed by atoms with Crippen molar-refractivity contribution < 1.29 is 14.3 Å². The number of rotatable bonds is 7.